The molecular formula is C13H16N4O3S. The molecule has 0 fully saturated rings. The van der Waals surface area contributed by atoms with Gasteiger partial charge >= 0.3 is 0 Å². The van der Waals surface area contributed by atoms with Gasteiger partial charge in [0.15, 0.2) is 9.84 Å². The van der Waals surface area contributed by atoms with Crippen molar-refractivity contribution < 1.29 is 13.2 Å². The van der Waals surface area contributed by atoms with E-state index in [1.165, 1.54) is 0 Å². The number of fused-ring (bicyclic) bond motifs is 1. The Morgan fingerprint density at radius 3 is 2.57 bits per heavy atom. The van der Waals surface area contributed by atoms with E-state index in [1.54, 1.807) is 38.1 Å². The first-order valence-corrected chi connectivity index (χ1v) is 8.34. The summed E-state index contributed by atoms with van der Waals surface area (Å²) in [5, 5.41) is 10.2. The molecule has 2 rings (SSSR count). The topological polar surface area (TPSA) is 102 Å². The van der Waals surface area contributed by atoms with Gasteiger partial charge in [-0.2, -0.15) is 0 Å². The molecule has 0 saturated carbocycles. The number of para-hydroxylation sites is 1. The minimum atomic E-state index is -3.15. The molecule has 1 heterocycles. The molecule has 0 aliphatic carbocycles. The molecule has 0 bridgehead atoms. The highest BCUT2D eigenvalue weighted by molar-refractivity contribution is 7.91. The van der Waals surface area contributed by atoms with E-state index in [2.05, 4.69) is 20.5 Å². The van der Waals surface area contributed by atoms with Gasteiger partial charge in [-0.05, 0) is 19.1 Å². The molecule has 0 radical (unpaired) electrons. The van der Waals surface area contributed by atoms with Crippen LogP contribution in [-0.2, 0) is 9.84 Å². The fourth-order valence-electron chi connectivity index (χ4n) is 1.81. The summed E-state index contributed by atoms with van der Waals surface area (Å²) in [6, 6.07) is 6.54. The predicted molar refractivity (Wildman–Crippen MR) is 78.6 cm³/mol. The smallest absolute Gasteiger partial charge is 0.291 e. The average Bonchev–Trinajstić information content (AvgIpc) is 2.46. The van der Waals surface area contributed by atoms with Gasteiger partial charge < -0.3 is 5.32 Å². The summed E-state index contributed by atoms with van der Waals surface area (Å²) < 4.78 is 23.0. The van der Waals surface area contributed by atoms with Crippen LogP contribution in [0.5, 0.6) is 0 Å². The molecule has 0 saturated heterocycles. The Morgan fingerprint density at radius 2 is 1.90 bits per heavy atom. The lowest BCUT2D eigenvalue weighted by Crippen LogP contribution is -2.38. The van der Waals surface area contributed by atoms with Gasteiger partial charge in [0, 0.05) is 11.8 Å². The molecule has 1 aromatic heterocycles. The lowest BCUT2D eigenvalue weighted by atomic mass is 10.3. The highest BCUT2D eigenvalue weighted by atomic mass is 32.2. The Labute approximate surface area is 122 Å². The lowest BCUT2D eigenvalue weighted by Gasteiger charge is -2.12. The largest absolute Gasteiger partial charge is 0.346 e. The molecular weight excluding hydrogens is 292 g/mol. The number of aromatic nitrogens is 3. The van der Waals surface area contributed by atoms with Gasteiger partial charge in [-0.15, -0.1) is 10.2 Å². The second-order valence-electron chi connectivity index (χ2n) is 4.70. The number of hydrogen-bond donors (Lipinski definition) is 1. The van der Waals surface area contributed by atoms with E-state index in [4.69, 9.17) is 0 Å². The Balaban J connectivity index is 2.11. The van der Waals surface area contributed by atoms with Crippen molar-refractivity contribution in [3.05, 3.63) is 30.1 Å². The maximum atomic E-state index is 12.0. The number of benzene rings is 1. The molecule has 1 N–H and O–H groups in total. The van der Waals surface area contributed by atoms with Crippen molar-refractivity contribution in [2.75, 3.05) is 11.5 Å². The Hall–Kier alpha value is -2.09. The Morgan fingerprint density at radius 1 is 1.24 bits per heavy atom. The number of sulfone groups is 1. The highest BCUT2D eigenvalue weighted by Gasteiger charge is 2.18. The van der Waals surface area contributed by atoms with Gasteiger partial charge in [0.05, 0.1) is 11.3 Å². The monoisotopic (exact) mass is 308 g/mol. The first kappa shape index (κ1) is 15.3. The fraction of sp³-hybridized carbons (Fsp3) is 0.385. The summed E-state index contributed by atoms with van der Waals surface area (Å²) in [7, 11) is -3.15. The minimum Gasteiger partial charge on any atom is -0.346 e. The van der Waals surface area contributed by atoms with Crippen molar-refractivity contribution in [2.45, 2.75) is 19.9 Å². The maximum Gasteiger partial charge on any atom is 0.291 e. The molecule has 1 unspecified atom stereocenters. The molecule has 2 aromatic rings. The van der Waals surface area contributed by atoms with E-state index in [0.29, 0.717) is 11.0 Å². The molecule has 7 nitrogen and oxygen atoms in total. The molecule has 112 valence electrons. The van der Waals surface area contributed by atoms with Gasteiger partial charge in [-0.1, -0.05) is 19.1 Å². The average molecular weight is 308 g/mol. The van der Waals surface area contributed by atoms with Crippen molar-refractivity contribution in [3.63, 3.8) is 0 Å². The van der Waals surface area contributed by atoms with Gasteiger partial charge in [0.1, 0.15) is 5.52 Å². The van der Waals surface area contributed by atoms with Gasteiger partial charge in [-0.25, -0.2) is 13.4 Å². The lowest BCUT2D eigenvalue weighted by molar-refractivity contribution is 0.0932. The zero-order valence-corrected chi connectivity index (χ0v) is 12.6. The molecule has 1 atom stereocenters. The number of rotatable bonds is 5. The summed E-state index contributed by atoms with van der Waals surface area (Å²) in [5.74, 6) is -0.682. The van der Waals surface area contributed by atoms with Crippen LogP contribution in [0.3, 0.4) is 0 Å². The molecule has 1 aromatic carbocycles. The zero-order chi connectivity index (χ0) is 15.5. The highest BCUT2D eigenvalue weighted by Crippen LogP contribution is 2.06. The minimum absolute atomic E-state index is 0.0429. The van der Waals surface area contributed by atoms with Crippen LogP contribution in [0, 0.1) is 0 Å². The number of amides is 1. The summed E-state index contributed by atoms with van der Waals surface area (Å²) in [6.45, 7) is 3.19. The van der Waals surface area contributed by atoms with Crippen molar-refractivity contribution in [1.29, 1.82) is 0 Å². The van der Waals surface area contributed by atoms with Gasteiger partial charge in [0.2, 0.25) is 5.82 Å². The number of nitrogens with zero attached hydrogens (tertiary/aromatic N) is 3. The third-order valence-electron chi connectivity index (χ3n) is 2.88. The third-order valence-corrected chi connectivity index (χ3v) is 4.77. The molecule has 21 heavy (non-hydrogen) atoms. The maximum absolute atomic E-state index is 12.0. The summed E-state index contributed by atoms with van der Waals surface area (Å²) >= 11 is 0. The van der Waals surface area contributed by atoms with Crippen molar-refractivity contribution >= 4 is 26.8 Å². The van der Waals surface area contributed by atoms with Crippen LogP contribution in [0.25, 0.3) is 11.0 Å². The molecule has 1 amide bonds. The standard InChI is InChI=1S/C13H16N4O3S/c1-3-21(19,20)8-9(2)14-13(18)12-15-10-6-4-5-7-11(10)16-17-12/h4-7,9H,3,8H2,1-2H3,(H,14,18). The van der Waals surface area contributed by atoms with Crippen LogP contribution >= 0.6 is 0 Å². The van der Waals surface area contributed by atoms with Crippen molar-refractivity contribution in [3.8, 4) is 0 Å². The molecule has 8 heteroatoms. The van der Waals surface area contributed by atoms with Crippen LogP contribution in [0.1, 0.15) is 24.5 Å². The van der Waals surface area contributed by atoms with Crippen LogP contribution in [0.2, 0.25) is 0 Å². The second kappa shape index (κ2) is 6.13. The Kier molecular flexibility index (Phi) is 4.46. The quantitative estimate of drug-likeness (QED) is 0.866. The second-order valence-corrected chi connectivity index (χ2v) is 7.10. The van der Waals surface area contributed by atoms with Gasteiger partial charge in [-0.3, -0.25) is 4.79 Å². The first-order valence-electron chi connectivity index (χ1n) is 6.52. The fourth-order valence-corrected chi connectivity index (χ4v) is 2.89. The normalized spacial score (nSPS) is 13.0. The van der Waals surface area contributed by atoms with Crippen LogP contribution in [-0.4, -0.2) is 47.1 Å². The number of carbonyl (C=O) groups is 1. The molecule has 0 spiro atoms. The van der Waals surface area contributed by atoms with Crippen LogP contribution in [0.4, 0.5) is 0 Å². The van der Waals surface area contributed by atoms with Crippen LogP contribution in [0.15, 0.2) is 24.3 Å². The van der Waals surface area contributed by atoms with Crippen LogP contribution < -0.4 is 5.32 Å². The van der Waals surface area contributed by atoms with E-state index < -0.39 is 21.8 Å². The molecule has 0 aliphatic heterocycles. The number of nitrogens with one attached hydrogen (secondary N) is 1. The van der Waals surface area contributed by atoms with E-state index in [1.807, 2.05) is 0 Å². The zero-order valence-electron chi connectivity index (χ0n) is 11.8. The predicted octanol–water partition coefficient (Wildman–Crippen LogP) is 0.578. The molecule has 0 aliphatic rings. The van der Waals surface area contributed by atoms with Crippen molar-refractivity contribution in [2.24, 2.45) is 0 Å². The number of hydrogen-bond acceptors (Lipinski definition) is 6. The summed E-state index contributed by atoms with van der Waals surface area (Å²) in [6.07, 6.45) is 0. The number of carbonyl (C=O) groups excluding carboxylic acids is 1. The summed E-state index contributed by atoms with van der Waals surface area (Å²) in [4.78, 5) is 16.1. The van der Waals surface area contributed by atoms with Crippen molar-refractivity contribution in [1.82, 2.24) is 20.5 Å². The first-order chi connectivity index (χ1) is 9.91. The SMILES string of the molecule is CCS(=O)(=O)CC(C)NC(=O)c1nnc2ccccc2n1. The summed E-state index contributed by atoms with van der Waals surface area (Å²) in [5.41, 5.74) is 1.15. The van der Waals surface area contributed by atoms with E-state index >= 15 is 0 Å². The van der Waals surface area contributed by atoms with E-state index in [-0.39, 0.29) is 17.3 Å². The van der Waals surface area contributed by atoms with E-state index in [0.717, 1.165) is 0 Å². The van der Waals surface area contributed by atoms with Gasteiger partial charge in [0.25, 0.3) is 5.91 Å². The Bertz CT molecular complexity index is 761. The van der Waals surface area contributed by atoms with E-state index in [9.17, 15) is 13.2 Å². The third kappa shape index (κ3) is 3.94.